The molecule has 0 unspecified atom stereocenters. The number of thioether (sulfide) groups is 1. The summed E-state index contributed by atoms with van der Waals surface area (Å²) in [6, 6.07) is 9.76. The molecule has 1 aliphatic heterocycles. The molecule has 5 heteroatoms. The molecule has 1 aromatic carbocycles. The van der Waals surface area contributed by atoms with Crippen LogP contribution in [0.2, 0.25) is 0 Å². The van der Waals surface area contributed by atoms with Crippen molar-refractivity contribution in [2.75, 3.05) is 11.5 Å². The van der Waals surface area contributed by atoms with Gasteiger partial charge < -0.3 is 0 Å². The summed E-state index contributed by atoms with van der Waals surface area (Å²) in [6.07, 6.45) is 0. The van der Waals surface area contributed by atoms with Crippen molar-refractivity contribution in [1.82, 2.24) is 0 Å². The maximum Gasteiger partial charge on any atom is 0.152 e. The van der Waals surface area contributed by atoms with Crippen LogP contribution in [0.25, 0.3) is 0 Å². The van der Waals surface area contributed by atoms with Gasteiger partial charge in [0.1, 0.15) is 0 Å². The first-order valence-electron chi connectivity index (χ1n) is 4.63. The van der Waals surface area contributed by atoms with Crippen LogP contribution >= 0.6 is 23.4 Å². The molecular formula is C10H11ClO2S2. The van der Waals surface area contributed by atoms with Gasteiger partial charge in [0.15, 0.2) is 9.84 Å². The Morgan fingerprint density at radius 3 is 2.40 bits per heavy atom. The second kappa shape index (κ2) is 4.36. The number of sulfone groups is 1. The fourth-order valence-electron chi connectivity index (χ4n) is 1.55. The van der Waals surface area contributed by atoms with Crippen LogP contribution in [0, 0.1) is 0 Å². The van der Waals surface area contributed by atoms with Crippen LogP contribution in [-0.2, 0) is 9.84 Å². The monoisotopic (exact) mass is 262 g/mol. The smallest absolute Gasteiger partial charge is 0.152 e. The topological polar surface area (TPSA) is 34.1 Å². The lowest BCUT2D eigenvalue weighted by Gasteiger charge is -2.10. The molecule has 2 nitrogen and oxygen atoms in total. The van der Waals surface area contributed by atoms with Crippen LogP contribution in [0.1, 0.15) is 0 Å². The fraction of sp³-hybridized carbons (Fsp3) is 0.400. The van der Waals surface area contributed by atoms with E-state index in [1.165, 1.54) is 0 Å². The maximum atomic E-state index is 11.3. The summed E-state index contributed by atoms with van der Waals surface area (Å²) in [5.41, 5.74) is 0. The van der Waals surface area contributed by atoms with Crippen molar-refractivity contribution >= 4 is 33.2 Å². The van der Waals surface area contributed by atoms with Crippen LogP contribution in [0.4, 0.5) is 0 Å². The summed E-state index contributed by atoms with van der Waals surface area (Å²) < 4.78 is 22.7. The van der Waals surface area contributed by atoms with Crippen molar-refractivity contribution < 1.29 is 8.42 Å². The van der Waals surface area contributed by atoms with E-state index >= 15 is 0 Å². The van der Waals surface area contributed by atoms with Crippen LogP contribution in [0.15, 0.2) is 35.2 Å². The van der Waals surface area contributed by atoms with Gasteiger partial charge in [-0.1, -0.05) is 18.2 Å². The van der Waals surface area contributed by atoms with Gasteiger partial charge in [-0.15, -0.1) is 23.4 Å². The molecule has 2 atom stereocenters. The molecule has 15 heavy (non-hydrogen) atoms. The lowest BCUT2D eigenvalue weighted by Crippen LogP contribution is -2.13. The molecule has 0 saturated carbocycles. The van der Waals surface area contributed by atoms with E-state index in [0.717, 1.165) is 4.90 Å². The average Bonchev–Trinajstić information content (AvgIpc) is 2.41. The first-order valence-corrected chi connectivity index (χ1v) is 7.77. The highest BCUT2D eigenvalue weighted by atomic mass is 35.5. The van der Waals surface area contributed by atoms with Gasteiger partial charge in [0.2, 0.25) is 0 Å². The van der Waals surface area contributed by atoms with Gasteiger partial charge in [-0.2, -0.15) is 0 Å². The molecule has 1 fully saturated rings. The highest BCUT2D eigenvalue weighted by molar-refractivity contribution is 8.02. The highest BCUT2D eigenvalue weighted by Gasteiger charge is 2.36. The van der Waals surface area contributed by atoms with E-state index in [-0.39, 0.29) is 22.1 Å². The van der Waals surface area contributed by atoms with Crippen molar-refractivity contribution in [3.05, 3.63) is 30.3 Å². The quantitative estimate of drug-likeness (QED) is 0.767. The summed E-state index contributed by atoms with van der Waals surface area (Å²) in [7, 11) is -2.92. The van der Waals surface area contributed by atoms with Crippen molar-refractivity contribution in [2.45, 2.75) is 15.5 Å². The predicted molar refractivity (Wildman–Crippen MR) is 64.4 cm³/mol. The van der Waals surface area contributed by atoms with Crippen molar-refractivity contribution in [1.29, 1.82) is 0 Å². The maximum absolute atomic E-state index is 11.3. The van der Waals surface area contributed by atoms with Gasteiger partial charge in [-0.3, -0.25) is 0 Å². The lowest BCUT2D eigenvalue weighted by atomic mass is 10.4. The Bertz CT molecular complexity index is 430. The second-order valence-corrected chi connectivity index (χ2v) is 7.59. The van der Waals surface area contributed by atoms with E-state index in [4.69, 9.17) is 11.6 Å². The number of halogens is 1. The highest BCUT2D eigenvalue weighted by Crippen LogP contribution is 2.33. The number of hydrogen-bond donors (Lipinski definition) is 0. The molecule has 1 saturated heterocycles. The van der Waals surface area contributed by atoms with Gasteiger partial charge in [0.05, 0.1) is 16.9 Å². The summed E-state index contributed by atoms with van der Waals surface area (Å²) in [6.45, 7) is 0. The average molecular weight is 263 g/mol. The number of rotatable bonds is 2. The molecule has 82 valence electrons. The van der Waals surface area contributed by atoms with E-state index in [2.05, 4.69) is 0 Å². The Morgan fingerprint density at radius 2 is 1.87 bits per heavy atom. The molecule has 1 aliphatic rings. The minimum absolute atomic E-state index is 0.0148. The number of alkyl halides is 1. The van der Waals surface area contributed by atoms with Crippen molar-refractivity contribution in [2.24, 2.45) is 0 Å². The first kappa shape index (κ1) is 11.3. The Morgan fingerprint density at radius 1 is 1.20 bits per heavy atom. The fourth-order valence-corrected chi connectivity index (χ4v) is 5.99. The minimum atomic E-state index is -2.92. The Kier molecular flexibility index (Phi) is 3.28. The zero-order valence-electron chi connectivity index (χ0n) is 7.97. The van der Waals surface area contributed by atoms with Crippen LogP contribution in [0.5, 0.6) is 0 Å². The zero-order chi connectivity index (χ0) is 10.9. The van der Waals surface area contributed by atoms with Gasteiger partial charge in [-0.05, 0) is 12.1 Å². The van der Waals surface area contributed by atoms with Gasteiger partial charge in [-0.25, -0.2) is 8.42 Å². The molecule has 0 N–H and O–H groups in total. The zero-order valence-corrected chi connectivity index (χ0v) is 10.4. The second-order valence-electron chi connectivity index (χ2n) is 3.56. The lowest BCUT2D eigenvalue weighted by molar-refractivity contribution is 0.602. The molecule has 1 aromatic rings. The van der Waals surface area contributed by atoms with Gasteiger partial charge in [0, 0.05) is 10.1 Å². The summed E-state index contributed by atoms with van der Waals surface area (Å²) >= 11 is 7.56. The Hall–Kier alpha value is -0.190. The molecule has 0 aromatic heterocycles. The van der Waals surface area contributed by atoms with Crippen LogP contribution < -0.4 is 0 Å². The SMILES string of the molecule is O=S1(=O)C[C@@H](Cl)[C@@H](Sc2ccccc2)C1. The van der Waals surface area contributed by atoms with E-state index in [9.17, 15) is 8.42 Å². The molecule has 0 spiro atoms. The van der Waals surface area contributed by atoms with Crippen LogP contribution in [0.3, 0.4) is 0 Å². The summed E-state index contributed by atoms with van der Waals surface area (Å²) in [5, 5.41) is -0.278. The van der Waals surface area contributed by atoms with Crippen LogP contribution in [-0.4, -0.2) is 30.6 Å². The third kappa shape index (κ3) is 2.89. The molecule has 2 rings (SSSR count). The summed E-state index contributed by atoms with van der Waals surface area (Å²) in [5.74, 6) is 0.305. The van der Waals surface area contributed by atoms with Gasteiger partial charge >= 0.3 is 0 Å². The Labute approximate surface area is 98.9 Å². The molecule has 0 radical (unpaired) electrons. The molecular weight excluding hydrogens is 252 g/mol. The third-order valence-electron chi connectivity index (χ3n) is 2.27. The van der Waals surface area contributed by atoms with Crippen molar-refractivity contribution in [3.63, 3.8) is 0 Å². The summed E-state index contributed by atoms with van der Waals surface area (Å²) in [4.78, 5) is 1.07. The molecule has 0 aliphatic carbocycles. The number of benzene rings is 1. The minimum Gasteiger partial charge on any atom is -0.229 e. The third-order valence-corrected chi connectivity index (χ3v) is 6.34. The largest absolute Gasteiger partial charge is 0.229 e. The molecule has 0 amide bonds. The normalized spacial score (nSPS) is 29.1. The first-order chi connectivity index (χ1) is 7.07. The molecule has 1 heterocycles. The standard InChI is InChI=1S/C10H11ClO2S2/c11-9-6-15(12,13)7-10(9)14-8-4-2-1-3-5-8/h1-5,9-10H,6-7H2/t9-,10+/m1/s1. The molecule has 0 bridgehead atoms. The van der Waals surface area contributed by atoms with E-state index in [1.54, 1.807) is 11.8 Å². The van der Waals surface area contributed by atoms with E-state index in [0.29, 0.717) is 0 Å². The van der Waals surface area contributed by atoms with E-state index in [1.807, 2.05) is 30.3 Å². The number of hydrogen-bond acceptors (Lipinski definition) is 3. The predicted octanol–water partition coefficient (Wildman–Crippen LogP) is 2.18. The van der Waals surface area contributed by atoms with E-state index < -0.39 is 9.84 Å². The van der Waals surface area contributed by atoms with Crippen molar-refractivity contribution in [3.8, 4) is 0 Å². The Balaban J connectivity index is 2.08. The van der Waals surface area contributed by atoms with Gasteiger partial charge in [0.25, 0.3) is 0 Å².